The molecule has 1 N–H and O–H groups in total. The molecule has 6 nitrogen and oxygen atoms in total. The van der Waals surface area contributed by atoms with E-state index in [-0.39, 0.29) is 12.6 Å². The maximum atomic E-state index is 10.8. The highest BCUT2D eigenvalue weighted by atomic mass is 79.9. The molecule has 2 aromatic heterocycles. The molecule has 0 aliphatic rings. The van der Waals surface area contributed by atoms with Crippen molar-refractivity contribution in [2.75, 3.05) is 6.54 Å². The molecule has 8 heteroatoms. The van der Waals surface area contributed by atoms with E-state index in [9.17, 15) is 4.79 Å². The third-order valence-corrected chi connectivity index (χ3v) is 4.27. The van der Waals surface area contributed by atoms with Crippen LogP contribution in [0.4, 0.5) is 0 Å². The number of halogens is 1. The fourth-order valence-corrected chi connectivity index (χ4v) is 2.92. The minimum Gasteiger partial charge on any atom is -0.480 e. The SMILES string of the molecule is CC(C)N(CC(=O)O)Cc1nnc(-c2ccc(Br)s2)o1. The van der Waals surface area contributed by atoms with Crippen LogP contribution in [0, 0.1) is 0 Å². The van der Waals surface area contributed by atoms with Gasteiger partial charge in [0.2, 0.25) is 5.89 Å². The normalized spacial score (nSPS) is 11.4. The van der Waals surface area contributed by atoms with Gasteiger partial charge in [0.05, 0.1) is 21.8 Å². The van der Waals surface area contributed by atoms with Crippen molar-refractivity contribution in [3.8, 4) is 10.8 Å². The lowest BCUT2D eigenvalue weighted by atomic mass is 10.3. The van der Waals surface area contributed by atoms with Gasteiger partial charge in [-0.25, -0.2) is 0 Å². The van der Waals surface area contributed by atoms with E-state index in [2.05, 4.69) is 26.1 Å². The molecular weight excluding hydrogens is 346 g/mol. The molecular formula is C12H14BrN3O3S. The van der Waals surface area contributed by atoms with E-state index in [1.807, 2.05) is 26.0 Å². The Morgan fingerprint density at radius 3 is 2.80 bits per heavy atom. The van der Waals surface area contributed by atoms with Gasteiger partial charge in [-0.1, -0.05) is 0 Å². The molecule has 0 saturated carbocycles. The second-order valence-electron chi connectivity index (χ2n) is 4.50. The molecule has 2 heterocycles. The van der Waals surface area contributed by atoms with Gasteiger partial charge in [-0.2, -0.15) is 0 Å². The first-order valence-corrected chi connectivity index (χ1v) is 7.60. The second-order valence-corrected chi connectivity index (χ2v) is 6.96. The van der Waals surface area contributed by atoms with Gasteiger partial charge in [-0.15, -0.1) is 21.5 Å². The maximum Gasteiger partial charge on any atom is 0.317 e. The largest absolute Gasteiger partial charge is 0.480 e. The first-order chi connectivity index (χ1) is 9.45. The molecule has 0 spiro atoms. The highest BCUT2D eigenvalue weighted by Gasteiger charge is 2.18. The average molecular weight is 360 g/mol. The summed E-state index contributed by atoms with van der Waals surface area (Å²) in [5.41, 5.74) is 0. The van der Waals surface area contributed by atoms with Crippen LogP contribution in [0.2, 0.25) is 0 Å². The highest BCUT2D eigenvalue weighted by molar-refractivity contribution is 9.11. The second kappa shape index (κ2) is 6.47. The van der Waals surface area contributed by atoms with E-state index >= 15 is 0 Å². The summed E-state index contributed by atoms with van der Waals surface area (Å²) in [6.07, 6.45) is 0. The van der Waals surface area contributed by atoms with Gasteiger partial charge in [0.15, 0.2) is 0 Å². The van der Waals surface area contributed by atoms with Crippen molar-refractivity contribution < 1.29 is 14.3 Å². The van der Waals surface area contributed by atoms with Gasteiger partial charge >= 0.3 is 5.97 Å². The summed E-state index contributed by atoms with van der Waals surface area (Å²) >= 11 is 4.88. The minimum atomic E-state index is -0.874. The van der Waals surface area contributed by atoms with Crippen molar-refractivity contribution in [1.29, 1.82) is 0 Å². The van der Waals surface area contributed by atoms with Crippen LogP contribution in [-0.4, -0.2) is 38.8 Å². The van der Waals surface area contributed by atoms with Crippen LogP contribution in [0.1, 0.15) is 19.7 Å². The molecule has 0 unspecified atom stereocenters. The van der Waals surface area contributed by atoms with Gasteiger partial charge in [-0.3, -0.25) is 9.69 Å². The Labute approximate surface area is 128 Å². The predicted molar refractivity (Wildman–Crippen MR) is 78.5 cm³/mol. The van der Waals surface area contributed by atoms with Crippen molar-refractivity contribution in [2.45, 2.75) is 26.4 Å². The Hall–Kier alpha value is -1.25. The molecule has 0 aromatic carbocycles. The third kappa shape index (κ3) is 3.87. The number of hydrogen-bond donors (Lipinski definition) is 1. The quantitative estimate of drug-likeness (QED) is 0.853. The number of carboxylic acid groups (broad SMARTS) is 1. The third-order valence-electron chi connectivity index (χ3n) is 2.66. The number of carbonyl (C=O) groups is 1. The van der Waals surface area contributed by atoms with Crippen LogP contribution in [0.3, 0.4) is 0 Å². The van der Waals surface area contributed by atoms with Gasteiger partial charge in [0, 0.05) is 6.04 Å². The van der Waals surface area contributed by atoms with Crippen LogP contribution < -0.4 is 0 Å². The zero-order valence-corrected chi connectivity index (χ0v) is 13.4. The van der Waals surface area contributed by atoms with E-state index in [0.29, 0.717) is 18.3 Å². The van der Waals surface area contributed by atoms with Crippen LogP contribution >= 0.6 is 27.3 Å². The van der Waals surface area contributed by atoms with Crippen molar-refractivity contribution in [3.63, 3.8) is 0 Å². The highest BCUT2D eigenvalue weighted by Crippen LogP contribution is 2.30. The Balaban J connectivity index is 2.10. The Morgan fingerprint density at radius 1 is 1.50 bits per heavy atom. The number of thiophene rings is 1. The smallest absolute Gasteiger partial charge is 0.317 e. The van der Waals surface area contributed by atoms with Crippen LogP contribution in [-0.2, 0) is 11.3 Å². The van der Waals surface area contributed by atoms with Crippen molar-refractivity contribution in [1.82, 2.24) is 15.1 Å². The van der Waals surface area contributed by atoms with Crippen LogP contribution in [0.15, 0.2) is 20.3 Å². The molecule has 0 aliphatic carbocycles. The fourth-order valence-electron chi connectivity index (χ4n) is 1.61. The first kappa shape index (κ1) is 15.1. The summed E-state index contributed by atoms with van der Waals surface area (Å²) in [7, 11) is 0. The van der Waals surface area contributed by atoms with Crippen molar-refractivity contribution in [2.24, 2.45) is 0 Å². The minimum absolute atomic E-state index is 0.0556. The Bertz CT molecular complexity index is 596. The van der Waals surface area contributed by atoms with Gasteiger partial charge in [-0.05, 0) is 41.9 Å². The number of carboxylic acids is 1. The fraction of sp³-hybridized carbons (Fsp3) is 0.417. The molecule has 0 bridgehead atoms. The van der Waals surface area contributed by atoms with E-state index in [1.54, 1.807) is 4.90 Å². The first-order valence-electron chi connectivity index (χ1n) is 5.99. The molecule has 0 radical (unpaired) electrons. The number of hydrogen-bond acceptors (Lipinski definition) is 6. The van der Waals surface area contributed by atoms with Crippen molar-refractivity contribution >= 4 is 33.2 Å². The van der Waals surface area contributed by atoms with Crippen molar-refractivity contribution in [3.05, 3.63) is 21.8 Å². The standard InChI is InChI=1S/C12H14BrN3O3S/c1-7(2)16(6-11(17)18)5-10-14-15-12(19-10)8-3-4-9(13)20-8/h3-4,7H,5-6H2,1-2H3,(H,17,18). The zero-order valence-electron chi connectivity index (χ0n) is 11.0. The molecule has 0 amide bonds. The van der Waals surface area contributed by atoms with Gasteiger partial charge < -0.3 is 9.52 Å². The number of rotatable bonds is 6. The molecule has 108 valence electrons. The predicted octanol–water partition coefficient (Wildman–Crippen LogP) is 2.86. The topological polar surface area (TPSA) is 79.5 Å². The summed E-state index contributed by atoms with van der Waals surface area (Å²) in [5, 5.41) is 16.8. The number of nitrogens with zero attached hydrogens (tertiary/aromatic N) is 3. The summed E-state index contributed by atoms with van der Waals surface area (Å²) in [6.45, 7) is 4.12. The lowest BCUT2D eigenvalue weighted by Gasteiger charge is -2.22. The van der Waals surface area contributed by atoms with Crippen LogP contribution in [0.25, 0.3) is 10.8 Å². The van der Waals surface area contributed by atoms with E-state index < -0.39 is 5.97 Å². The number of aromatic nitrogens is 2. The maximum absolute atomic E-state index is 10.8. The summed E-state index contributed by atoms with van der Waals surface area (Å²) in [4.78, 5) is 13.5. The molecule has 2 rings (SSSR count). The monoisotopic (exact) mass is 359 g/mol. The number of aliphatic carboxylic acids is 1. The summed E-state index contributed by atoms with van der Waals surface area (Å²) in [5.74, 6) is -0.00479. The molecule has 20 heavy (non-hydrogen) atoms. The summed E-state index contributed by atoms with van der Waals surface area (Å²) in [6, 6.07) is 3.88. The van der Waals surface area contributed by atoms with E-state index in [4.69, 9.17) is 9.52 Å². The Morgan fingerprint density at radius 2 is 2.25 bits per heavy atom. The van der Waals surface area contributed by atoms with Gasteiger partial charge in [0.25, 0.3) is 5.89 Å². The molecule has 0 saturated heterocycles. The zero-order chi connectivity index (χ0) is 14.7. The van der Waals surface area contributed by atoms with E-state index in [1.165, 1.54) is 11.3 Å². The van der Waals surface area contributed by atoms with Gasteiger partial charge in [0.1, 0.15) is 0 Å². The summed E-state index contributed by atoms with van der Waals surface area (Å²) < 4.78 is 6.57. The molecule has 2 aromatic rings. The lowest BCUT2D eigenvalue weighted by Crippen LogP contribution is -2.35. The molecule has 0 atom stereocenters. The lowest BCUT2D eigenvalue weighted by molar-refractivity contribution is -0.139. The molecule has 0 fully saturated rings. The van der Waals surface area contributed by atoms with E-state index in [0.717, 1.165) is 8.66 Å². The Kier molecular flexibility index (Phi) is 4.90. The van der Waals surface area contributed by atoms with Crippen LogP contribution in [0.5, 0.6) is 0 Å². The average Bonchev–Trinajstić information content (AvgIpc) is 2.96. The molecule has 0 aliphatic heterocycles.